The van der Waals surface area contributed by atoms with Crippen LogP contribution in [-0.4, -0.2) is 36.1 Å². The summed E-state index contributed by atoms with van der Waals surface area (Å²) in [7, 11) is 0. The Morgan fingerprint density at radius 2 is 1.75 bits per heavy atom. The van der Waals surface area contributed by atoms with Gasteiger partial charge in [-0.3, -0.25) is 4.90 Å². The number of piperazine rings is 1. The predicted molar refractivity (Wildman–Crippen MR) is 83.2 cm³/mol. The Morgan fingerprint density at radius 1 is 1.00 bits per heavy atom. The van der Waals surface area contributed by atoms with E-state index >= 15 is 0 Å². The summed E-state index contributed by atoms with van der Waals surface area (Å²) in [5.41, 5.74) is 2.55. The molecule has 1 fully saturated rings. The van der Waals surface area contributed by atoms with E-state index in [0.717, 1.165) is 32.7 Å². The minimum Gasteiger partial charge on any atom is -0.369 e. The van der Waals surface area contributed by atoms with Crippen LogP contribution in [0, 0.1) is 0 Å². The minimum absolute atomic E-state index is 0.574. The predicted octanol–water partition coefficient (Wildman–Crippen LogP) is 3.06. The van der Waals surface area contributed by atoms with Gasteiger partial charge in [0.15, 0.2) is 0 Å². The van der Waals surface area contributed by atoms with Crippen molar-refractivity contribution in [2.45, 2.75) is 6.54 Å². The van der Waals surface area contributed by atoms with Crippen LogP contribution in [0.3, 0.4) is 0 Å². The molecular weight excluding hydrogens is 270 g/mol. The first-order valence-corrected chi connectivity index (χ1v) is 7.32. The highest BCUT2D eigenvalue weighted by Crippen LogP contribution is 2.17. The largest absolute Gasteiger partial charge is 0.369 e. The number of anilines is 1. The van der Waals surface area contributed by atoms with Crippen LogP contribution >= 0.6 is 11.6 Å². The summed E-state index contributed by atoms with van der Waals surface area (Å²) in [5, 5.41) is 0.574. The third-order valence-corrected chi connectivity index (χ3v) is 3.90. The molecule has 3 nitrogen and oxygen atoms in total. The molecule has 0 unspecified atom stereocenters. The van der Waals surface area contributed by atoms with E-state index in [4.69, 9.17) is 11.6 Å². The Bertz CT molecular complexity index is 551. The summed E-state index contributed by atoms with van der Waals surface area (Å²) >= 11 is 5.93. The van der Waals surface area contributed by atoms with Crippen molar-refractivity contribution >= 4 is 17.3 Å². The van der Waals surface area contributed by atoms with E-state index in [-0.39, 0.29) is 0 Å². The number of pyridine rings is 1. The second kappa shape index (κ2) is 6.25. The van der Waals surface area contributed by atoms with Gasteiger partial charge in [-0.2, -0.15) is 0 Å². The first kappa shape index (κ1) is 13.4. The lowest BCUT2D eigenvalue weighted by molar-refractivity contribution is 0.250. The van der Waals surface area contributed by atoms with Crippen LogP contribution in [0.1, 0.15) is 5.56 Å². The van der Waals surface area contributed by atoms with Crippen molar-refractivity contribution in [3.8, 4) is 0 Å². The van der Waals surface area contributed by atoms with Crippen LogP contribution in [0.5, 0.6) is 0 Å². The minimum atomic E-state index is 0.574. The van der Waals surface area contributed by atoms with Gasteiger partial charge in [-0.15, -0.1) is 0 Å². The van der Waals surface area contributed by atoms with Crippen LogP contribution in [0.2, 0.25) is 5.15 Å². The first-order valence-electron chi connectivity index (χ1n) is 6.94. The van der Waals surface area contributed by atoms with Gasteiger partial charge in [0.25, 0.3) is 0 Å². The Kier molecular flexibility index (Phi) is 4.19. The van der Waals surface area contributed by atoms with E-state index in [1.54, 1.807) is 6.20 Å². The van der Waals surface area contributed by atoms with Crippen molar-refractivity contribution in [2.24, 2.45) is 0 Å². The quantitative estimate of drug-likeness (QED) is 0.809. The smallest absolute Gasteiger partial charge is 0.129 e. The molecule has 20 heavy (non-hydrogen) atoms. The Labute approximate surface area is 124 Å². The van der Waals surface area contributed by atoms with Crippen molar-refractivity contribution in [2.75, 3.05) is 31.1 Å². The Morgan fingerprint density at radius 3 is 2.45 bits per heavy atom. The maximum Gasteiger partial charge on any atom is 0.129 e. The molecule has 0 aliphatic carbocycles. The highest BCUT2D eigenvalue weighted by atomic mass is 35.5. The van der Waals surface area contributed by atoms with Gasteiger partial charge < -0.3 is 4.90 Å². The molecular formula is C16H18ClN3. The number of benzene rings is 1. The molecule has 1 aromatic carbocycles. The molecule has 1 aliphatic heterocycles. The van der Waals surface area contributed by atoms with Crippen LogP contribution in [0.25, 0.3) is 0 Å². The summed E-state index contributed by atoms with van der Waals surface area (Å²) in [6.45, 7) is 5.25. The average Bonchev–Trinajstić information content (AvgIpc) is 2.49. The van der Waals surface area contributed by atoms with Crippen molar-refractivity contribution in [1.82, 2.24) is 9.88 Å². The molecule has 2 heterocycles. The van der Waals surface area contributed by atoms with Gasteiger partial charge in [-0.05, 0) is 29.8 Å². The van der Waals surface area contributed by atoms with Crippen molar-refractivity contribution < 1.29 is 0 Å². The summed E-state index contributed by atoms with van der Waals surface area (Å²) in [6.07, 6.45) is 1.78. The highest BCUT2D eigenvalue weighted by Gasteiger charge is 2.17. The van der Waals surface area contributed by atoms with Crippen molar-refractivity contribution in [3.05, 3.63) is 59.4 Å². The molecule has 0 radical (unpaired) electrons. The number of hydrogen-bond donors (Lipinski definition) is 0. The molecule has 0 N–H and O–H groups in total. The number of halogens is 1. The van der Waals surface area contributed by atoms with Crippen molar-refractivity contribution in [1.29, 1.82) is 0 Å². The third-order valence-electron chi connectivity index (χ3n) is 3.69. The average molecular weight is 288 g/mol. The zero-order chi connectivity index (χ0) is 13.8. The fraction of sp³-hybridized carbons (Fsp3) is 0.312. The molecule has 0 bridgehead atoms. The lowest BCUT2D eigenvalue weighted by atomic mass is 10.2. The first-order chi connectivity index (χ1) is 9.81. The topological polar surface area (TPSA) is 19.4 Å². The van der Waals surface area contributed by atoms with Crippen LogP contribution in [0.15, 0.2) is 48.7 Å². The van der Waals surface area contributed by atoms with Gasteiger partial charge in [0.1, 0.15) is 5.15 Å². The number of rotatable bonds is 3. The number of nitrogens with zero attached hydrogens (tertiary/aromatic N) is 3. The molecule has 0 amide bonds. The zero-order valence-electron chi connectivity index (χ0n) is 11.4. The molecule has 1 aromatic heterocycles. The molecule has 0 spiro atoms. The number of aromatic nitrogens is 1. The summed E-state index contributed by atoms with van der Waals surface area (Å²) in [6, 6.07) is 14.6. The maximum atomic E-state index is 5.93. The van der Waals surface area contributed by atoms with E-state index in [0.29, 0.717) is 5.15 Å². The van der Waals surface area contributed by atoms with Crippen LogP contribution in [-0.2, 0) is 6.54 Å². The molecule has 3 rings (SSSR count). The van der Waals surface area contributed by atoms with Gasteiger partial charge in [0, 0.05) is 44.6 Å². The Balaban J connectivity index is 1.56. The summed E-state index contributed by atoms with van der Waals surface area (Å²) in [4.78, 5) is 8.93. The van der Waals surface area contributed by atoms with Crippen molar-refractivity contribution in [3.63, 3.8) is 0 Å². The molecule has 1 saturated heterocycles. The van der Waals surface area contributed by atoms with E-state index in [2.05, 4.69) is 45.1 Å². The van der Waals surface area contributed by atoms with E-state index in [1.165, 1.54) is 11.3 Å². The second-order valence-electron chi connectivity index (χ2n) is 5.09. The van der Waals surface area contributed by atoms with E-state index < -0.39 is 0 Å². The van der Waals surface area contributed by atoms with Gasteiger partial charge in [-0.1, -0.05) is 29.8 Å². The van der Waals surface area contributed by atoms with Gasteiger partial charge in [0.2, 0.25) is 0 Å². The third kappa shape index (κ3) is 3.30. The molecule has 2 aromatic rings. The van der Waals surface area contributed by atoms with E-state index in [1.807, 2.05) is 12.1 Å². The SMILES string of the molecule is Clc1cc(CN2CCN(c3ccccc3)CC2)ccn1. The number of para-hydroxylation sites is 1. The molecule has 1 aliphatic rings. The van der Waals surface area contributed by atoms with Crippen LogP contribution in [0.4, 0.5) is 5.69 Å². The lowest BCUT2D eigenvalue weighted by Gasteiger charge is -2.36. The monoisotopic (exact) mass is 287 g/mol. The lowest BCUT2D eigenvalue weighted by Crippen LogP contribution is -2.45. The fourth-order valence-corrected chi connectivity index (χ4v) is 2.80. The molecule has 0 atom stereocenters. The molecule has 4 heteroatoms. The van der Waals surface area contributed by atoms with Gasteiger partial charge in [0.05, 0.1) is 0 Å². The maximum absolute atomic E-state index is 5.93. The second-order valence-corrected chi connectivity index (χ2v) is 5.47. The number of hydrogen-bond acceptors (Lipinski definition) is 3. The fourth-order valence-electron chi connectivity index (χ4n) is 2.60. The van der Waals surface area contributed by atoms with E-state index in [9.17, 15) is 0 Å². The van der Waals surface area contributed by atoms with Crippen LogP contribution < -0.4 is 4.90 Å². The zero-order valence-corrected chi connectivity index (χ0v) is 12.1. The normalized spacial score (nSPS) is 16.4. The summed E-state index contributed by atoms with van der Waals surface area (Å²) in [5.74, 6) is 0. The highest BCUT2D eigenvalue weighted by molar-refractivity contribution is 6.29. The van der Waals surface area contributed by atoms with Gasteiger partial charge in [-0.25, -0.2) is 4.98 Å². The van der Waals surface area contributed by atoms with Gasteiger partial charge >= 0.3 is 0 Å². The summed E-state index contributed by atoms with van der Waals surface area (Å²) < 4.78 is 0. The Hall–Kier alpha value is -1.58. The molecule has 0 saturated carbocycles. The standard InChI is InChI=1S/C16H18ClN3/c17-16-12-14(6-7-18-16)13-19-8-10-20(11-9-19)15-4-2-1-3-5-15/h1-7,12H,8-11,13H2. The molecule has 104 valence electrons.